The molecule has 2 aromatic rings. The number of rotatable bonds is 2. The number of hydrogen-bond donors (Lipinski definition) is 2. The number of hydrogen-bond acceptors (Lipinski definition) is 2. The van der Waals surface area contributed by atoms with Gasteiger partial charge in [0.1, 0.15) is 5.75 Å². The third-order valence-electron chi connectivity index (χ3n) is 2.49. The lowest BCUT2D eigenvalue weighted by Gasteiger charge is -2.03. The molecule has 0 aliphatic rings. The fraction of sp³-hybridized carbons (Fsp3) is 0. The minimum atomic E-state index is 0.200. The van der Waals surface area contributed by atoms with Crippen LogP contribution in [0.2, 0.25) is 0 Å². The molecule has 0 radical (unpaired) electrons. The Kier molecular flexibility index (Phi) is 4.09. The van der Waals surface area contributed by atoms with Gasteiger partial charge in [-0.2, -0.15) is 0 Å². The molecular formula is C14H11Br2NO. The van der Waals surface area contributed by atoms with Gasteiger partial charge in [-0.05, 0) is 61.2 Å². The maximum atomic E-state index is 9.62. The van der Waals surface area contributed by atoms with Gasteiger partial charge in [0, 0.05) is 5.69 Å². The normalized spacial score (nSPS) is 11.0. The molecule has 2 rings (SSSR count). The third kappa shape index (κ3) is 2.94. The third-order valence-corrected chi connectivity index (χ3v) is 3.70. The van der Waals surface area contributed by atoms with Gasteiger partial charge in [0.15, 0.2) is 0 Å². The van der Waals surface area contributed by atoms with Crippen molar-refractivity contribution in [3.63, 3.8) is 0 Å². The van der Waals surface area contributed by atoms with Crippen LogP contribution in [0.25, 0.3) is 12.2 Å². The summed E-state index contributed by atoms with van der Waals surface area (Å²) >= 11 is 6.60. The zero-order valence-corrected chi connectivity index (χ0v) is 12.6. The molecule has 0 spiro atoms. The summed E-state index contributed by atoms with van der Waals surface area (Å²) in [7, 11) is 0. The molecule has 2 nitrogen and oxygen atoms in total. The molecule has 4 heteroatoms. The number of nitrogen functional groups attached to an aromatic ring is 1. The molecule has 0 amide bonds. The lowest BCUT2D eigenvalue weighted by Crippen LogP contribution is -1.87. The van der Waals surface area contributed by atoms with Crippen LogP contribution in [0.15, 0.2) is 45.3 Å². The molecule has 0 aromatic heterocycles. The predicted molar refractivity (Wildman–Crippen MR) is 83.3 cm³/mol. The minimum absolute atomic E-state index is 0.200. The van der Waals surface area contributed by atoms with Crippen molar-refractivity contribution in [2.24, 2.45) is 0 Å². The number of phenols is 1. The average molecular weight is 369 g/mol. The highest BCUT2D eigenvalue weighted by Crippen LogP contribution is 2.33. The van der Waals surface area contributed by atoms with E-state index in [1.54, 1.807) is 0 Å². The number of phenolic OH excluding ortho intramolecular Hbond substituents is 1. The van der Waals surface area contributed by atoms with Crippen LogP contribution in [-0.2, 0) is 0 Å². The van der Waals surface area contributed by atoms with Gasteiger partial charge in [-0.25, -0.2) is 0 Å². The van der Waals surface area contributed by atoms with Crippen LogP contribution < -0.4 is 5.73 Å². The molecule has 0 saturated heterocycles. The van der Waals surface area contributed by atoms with Crippen molar-refractivity contribution in [3.05, 3.63) is 56.5 Å². The summed E-state index contributed by atoms with van der Waals surface area (Å²) in [5.41, 5.74) is 8.54. The fourth-order valence-corrected chi connectivity index (χ4v) is 2.75. The second-order valence-electron chi connectivity index (χ2n) is 3.80. The molecule has 0 atom stereocenters. The van der Waals surface area contributed by atoms with E-state index in [0.29, 0.717) is 8.95 Å². The topological polar surface area (TPSA) is 46.2 Å². The number of aromatic hydroxyl groups is 1. The van der Waals surface area contributed by atoms with Gasteiger partial charge in [0.2, 0.25) is 0 Å². The summed E-state index contributed by atoms with van der Waals surface area (Å²) in [6.07, 6.45) is 3.89. The van der Waals surface area contributed by atoms with Crippen molar-refractivity contribution in [2.45, 2.75) is 0 Å². The largest absolute Gasteiger partial charge is 0.506 e. The molecule has 92 valence electrons. The van der Waals surface area contributed by atoms with Crippen molar-refractivity contribution in [1.29, 1.82) is 0 Å². The van der Waals surface area contributed by atoms with E-state index in [4.69, 9.17) is 5.73 Å². The van der Waals surface area contributed by atoms with E-state index in [2.05, 4.69) is 31.9 Å². The molecule has 0 fully saturated rings. The highest BCUT2D eigenvalue weighted by Gasteiger charge is 2.04. The second-order valence-corrected chi connectivity index (χ2v) is 5.50. The molecule has 0 bridgehead atoms. The van der Waals surface area contributed by atoms with Crippen LogP contribution >= 0.6 is 31.9 Å². The highest BCUT2D eigenvalue weighted by molar-refractivity contribution is 9.11. The van der Waals surface area contributed by atoms with E-state index >= 15 is 0 Å². The Balaban J connectivity index is 2.33. The van der Waals surface area contributed by atoms with Gasteiger partial charge >= 0.3 is 0 Å². The maximum Gasteiger partial charge on any atom is 0.143 e. The molecule has 18 heavy (non-hydrogen) atoms. The van der Waals surface area contributed by atoms with Crippen LogP contribution in [0, 0.1) is 0 Å². The molecule has 0 saturated carbocycles. The zero-order chi connectivity index (χ0) is 13.1. The summed E-state index contributed by atoms with van der Waals surface area (Å²) in [6, 6.07) is 11.4. The monoisotopic (exact) mass is 367 g/mol. The van der Waals surface area contributed by atoms with Gasteiger partial charge in [-0.1, -0.05) is 30.4 Å². The standard InChI is InChI=1S/C14H11Br2NO/c15-11-7-9(8-12(16)14(11)18)5-6-10-3-1-2-4-13(10)17/h1-8,18H,17H2/b6-5+. The van der Waals surface area contributed by atoms with Crippen LogP contribution in [0.5, 0.6) is 5.75 Å². The first-order valence-corrected chi connectivity index (χ1v) is 6.87. The summed E-state index contributed by atoms with van der Waals surface area (Å²) in [4.78, 5) is 0. The Labute approximate surface area is 122 Å². The van der Waals surface area contributed by atoms with E-state index in [1.807, 2.05) is 48.6 Å². The average Bonchev–Trinajstić information content (AvgIpc) is 2.35. The summed E-state index contributed by atoms with van der Waals surface area (Å²) in [5, 5.41) is 9.62. The number of nitrogens with two attached hydrogens (primary N) is 1. The van der Waals surface area contributed by atoms with Crippen LogP contribution in [0.1, 0.15) is 11.1 Å². The Hall–Kier alpha value is -1.26. The summed E-state index contributed by atoms with van der Waals surface area (Å²) < 4.78 is 1.30. The van der Waals surface area contributed by atoms with E-state index in [-0.39, 0.29) is 5.75 Å². The van der Waals surface area contributed by atoms with E-state index < -0.39 is 0 Å². The Morgan fingerprint density at radius 2 is 1.61 bits per heavy atom. The summed E-state index contributed by atoms with van der Waals surface area (Å²) in [5.74, 6) is 0.200. The summed E-state index contributed by atoms with van der Waals surface area (Å²) in [6.45, 7) is 0. The van der Waals surface area contributed by atoms with E-state index in [0.717, 1.165) is 16.8 Å². The van der Waals surface area contributed by atoms with Crippen molar-refractivity contribution >= 4 is 49.7 Å². The Morgan fingerprint density at radius 1 is 1.00 bits per heavy atom. The predicted octanol–water partition coefficient (Wildman–Crippen LogP) is 4.67. The molecular weight excluding hydrogens is 358 g/mol. The fourth-order valence-electron chi connectivity index (χ4n) is 1.53. The molecule has 3 N–H and O–H groups in total. The highest BCUT2D eigenvalue weighted by atomic mass is 79.9. The van der Waals surface area contributed by atoms with Gasteiger partial charge < -0.3 is 10.8 Å². The molecule has 0 aliphatic carbocycles. The minimum Gasteiger partial charge on any atom is -0.506 e. The van der Waals surface area contributed by atoms with Crippen LogP contribution in [0.4, 0.5) is 5.69 Å². The number of benzene rings is 2. The first-order chi connectivity index (χ1) is 8.58. The second kappa shape index (κ2) is 5.59. The van der Waals surface area contributed by atoms with Crippen molar-refractivity contribution in [1.82, 2.24) is 0 Å². The lowest BCUT2D eigenvalue weighted by molar-refractivity contribution is 0.468. The quantitative estimate of drug-likeness (QED) is 0.597. The number of para-hydroxylation sites is 1. The molecule has 0 aliphatic heterocycles. The maximum absolute atomic E-state index is 9.62. The first-order valence-electron chi connectivity index (χ1n) is 5.28. The van der Waals surface area contributed by atoms with Crippen LogP contribution in [-0.4, -0.2) is 5.11 Å². The number of halogens is 2. The van der Waals surface area contributed by atoms with Crippen LogP contribution in [0.3, 0.4) is 0 Å². The zero-order valence-electron chi connectivity index (χ0n) is 9.40. The van der Waals surface area contributed by atoms with Crippen molar-refractivity contribution in [2.75, 3.05) is 5.73 Å². The van der Waals surface area contributed by atoms with Gasteiger partial charge in [-0.3, -0.25) is 0 Å². The van der Waals surface area contributed by atoms with Crippen molar-refractivity contribution < 1.29 is 5.11 Å². The first kappa shape index (κ1) is 13.2. The van der Waals surface area contributed by atoms with E-state index in [1.165, 1.54) is 0 Å². The van der Waals surface area contributed by atoms with E-state index in [9.17, 15) is 5.11 Å². The lowest BCUT2D eigenvalue weighted by atomic mass is 10.1. The smallest absolute Gasteiger partial charge is 0.143 e. The molecule has 2 aromatic carbocycles. The Bertz CT molecular complexity index is 585. The van der Waals surface area contributed by atoms with Gasteiger partial charge in [0.05, 0.1) is 8.95 Å². The Morgan fingerprint density at radius 3 is 2.22 bits per heavy atom. The van der Waals surface area contributed by atoms with Crippen molar-refractivity contribution in [3.8, 4) is 5.75 Å². The SMILES string of the molecule is Nc1ccccc1/C=C/c1cc(Br)c(O)c(Br)c1. The molecule has 0 unspecified atom stereocenters. The number of anilines is 1. The van der Waals surface area contributed by atoms with Gasteiger partial charge in [0.25, 0.3) is 0 Å². The molecule has 0 heterocycles. The van der Waals surface area contributed by atoms with Gasteiger partial charge in [-0.15, -0.1) is 0 Å².